The van der Waals surface area contributed by atoms with Crippen molar-refractivity contribution in [2.24, 2.45) is 7.05 Å². The van der Waals surface area contributed by atoms with E-state index in [1.54, 1.807) is 7.05 Å². The summed E-state index contributed by atoms with van der Waals surface area (Å²) in [6, 6.07) is 0. The number of likely N-dealkylation sites (tertiary alicyclic amines) is 1. The Balaban J connectivity index is 1.71. The summed E-state index contributed by atoms with van der Waals surface area (Å²) in [5.41, 5.74) is 6.56. The number of carbonyl (C=O) groups is 1. The molecule has 0 radical (unpaired) electrons. The van der Waals surface area contributed by atoms with Crippen LogP contribution in [0.15, 0.2) is 6.20 Å². The van der Waals surface area contributed by atoms with Gasteiger partial charge in [0.05, 0.1) is 11.9 Å². The molecule has 1 fully saturated rings. The van der Waals surface area contributed by atoms with Gasteiger partial charge in [-0.3, -0.25) is 9.48 Å². The van der Waals surface area contributed by atoms with Crippen molar-refractivity contribution in [3.63, 3.8) is 0 Å². The standard InChI is InChI=1S/C12H21N5O/c1-16-11(10(13)9-15-16)12(18)14-5-4-8-17-6-2-3-7-17/h9H,2-8,13H2,1H3,(H,14,18). The summed E-state index contributed by atoms with van der Waals surface area (Å²) in [5.74, 6) is -0.145. The van der Waals surface area contributed by atoms with Crippen LogP contribution >= 0.6 is 0 Å². The lowest BCUT2D eigenvalue weighted by Gasteiger charge is -2.14. The normalized spacial score (nSPS) is 16.1. The summed E-state index contributed by atoms with van der Waals surface area (Å²) in [4.78, 5) is 14.3. The van der Waals surface area contributed by atoms with Crippen molar-refractivity contribution < 1.29 is 4.79 Å². The van der Waals surface area contributed by atoms with Gasteiger partial charge in [0.15, 0.2) is 0 Å². The van der Waals surface area contributed by atoms with Crippen molar-refractivity contribution >= 4 is 11.6 Å². The summed E-state index contributed by atoms with van der Waals surface area (Å²) >= 11 is 0. The van der Waals surface area contributed by atoms with E-state index in [1.807, 2.05) is 0 Å². The number of nitrogens with two attached hydrogens (primary N) is 1. The monoisotopic (exact) mass is 251 g/mol. The van der Waals surface area contributed by atoms with Crippen molar-refractivity contribution in [1.82, 2.24) is 20.0 Å². The summed E-state index contributed by atoms with van der Waals surface area (Å²) in [7, 11) is 1.72. The highest BCUT2D eigenvalue weighted by atomic mass is 16.2. The summed E-state index contributed by atoms with van der Waals surface area (Å²) in [6.07, 6.45) is 5.08. The number of nitrogens with zero attached hydrogens (tertiary/aromatic N) is 3. The molecule has 100 valence electrons. The van der Waals surface area contributed by atoms with Gasteiger partial charge in [0.1, 0.15) is 5.69 Å². The number of aryl methyl sites for hydroxylation is 1. The molecular weight excluding hydrogens is 230 g/mol. The molecule has 2 heterocycles. The number of anilines is 1. The Kier molecular flexibility index (Phi) is 4.19. The van der Waals surface area contributed by atoms with Crippen molar-refractivity contribution in [1.29, 1.82) is 0 Å². The molecule has 2 rings (SSSR count). The Morgan fingerprint density at radius 2 is 2.22 bits per heavy atom. The fraction of sp³-hybridized carbons (Fsp3) is 0.667. The first-order valence-corrected chi connectivity index (χ1v) is 6.46. The van der Waals surface area contributed by atoms with E-state index in [0.717, 1.165) is 13.0 Å². The van der Waals surface area contributed by atoms with Gasteiger partial charge in [-0.05, 0) is 38.9 Å². The van der Waals surface area contributed by atoms with E-state index in [4.69, 9.17) is 5.73 Å². The van der Waals surface area contributed by atoms with Crippen LogP contribution in [0.25, 0.3) is 0 Å². The topological polar surface area (TPSA) is 76.2 Å². The third-order valence-corrected chi connectivity index (χ3v) is 3.32. The Labute approximate surface area is 107 Å². The first-order chi connectivity index (χ1) is 8.68. The zero-order valence-electron chi connectivity index (χ0n) is 10.9. The van der Waals surface area contributed by atoms with Crippen LogP contribution in [0.2, 0.25) is 0 Å². The number of aromatic nitrogens is 2. The van der Waals surface area contributed by atoms with Crippen molar-refractivity contribution in [3.8, 4) is 0 Å². The van der Waals surface area contributed by atoms with E-state index in [2.05, 4.69) is 15.3 Å². The third-order valence-electron chi connectivity index (χ3n) is 3.32. The molecule has 0 saturated carbocycles. The maximum atomic E-state index is 11.9. The van der Waals surface area contributed by atoms with Crippen LogP contribution in [-0.2, 0) is 7.05 Å². The molecule has 0 aromatic carbocycles. The number of nitrogens with one attached hydrogen (secondary N) is 1. The van der Waals surface area contributed by atoms with E-state index in [-0.39, 0.29) is 5.91 Å². The van der Waals surface area contributed by atoms with Crippen molar-refractivity contribution in [2.45, 2.75) is 19.3 Å². The van der Waals surface area contributed by atoms with Gasteiger partial charge in [0, 0.05) is 13.6 Å². The van der Waals surface area contributed by atoms with Gasteiger partial charge in [-0.15, -0.1) is 0 Å². The molecule has 1 saturated heterocycles. The lowest BCUT2D eigenvalue weighted by Crippen LogP contribution is -2.30. The quantitative estimate of drug-likeness (QED) is 0.734. The molecule has 1 aromatic heterocycles. The predicted octanol–water partition coefficient (Wildman–Crippen LogP) is 0.218. The number of amides is 1. The van der Waals surface area contributed by atoms with Crippen LogP contribution < -0.4 is 11.1 Å². The highest BCUT2D eigenvalue weighted by Crippen LogP contribution is 2.09. The van der Waals surface area contributed by atoms with Crippen LogP contribution in [0.3, 0.4) is 0 Å². The van der Waals surface area contributed by atoms with Gasteiger partial charge in [0.25, 0.3) is 5.91 Å². The number of hydrogen-bond donors (Lipinski definition) is 2. The molecule has 1 aliphatic heterocycles. The minimum Gasteiger partial charge on any atom is -0.396 e. The van der Waals surface area contributed by atoms with Crippen LogP contribution in [-0.4, -0.2) is 46.8 Å². The maximum Gasteiger partial charge on any atom is 0.271 e. The van der Waals surface area contributed by atoms with E-state index in [9.17, 15) is 4.79 Å². The first-order valence-electron chi connectivity index (χ1n) is 6.46. The Bertz CT molecular complexity index is 389. The van der Waals surface area contributed by atoms with E-state index >= 15 is 0 Å². The molecule has 0 aliphatic carbocycles. The molecule has 0 unspecified atom stereocenters. The minimum absolute atomic E-state index is 0.145. The number of hydrogen-bond acceptors (Lipinski definition) is 4. The van der Waals surface area contributed by atoms with Gasteiger partial charge >= 0.3 is 0 Å². The number of nitrogen functional groups attached to an aromatic ring is 1. The average Bonchev–Trinajstić information content (AvgIpc) is 2.95. The molecule has 0 atom stereocenters. The molecule has 0 spiro atoms. The zero-order valence-corrected chi connectivity index (χ0v) is 10.9. The van der Waals surface area contributed by atoms with E-state index < -0.39 is 0 Å². The van der Waals surface area contributed by atoms with Gasteiger partial charge in [0.2, 0.25) is 0 Å². The maximum absolute atomic E-state index is 11.9. The molecule has 0 bridgehead atoms. The molecule has 6 heteroatoms. The SMILES string of the molecule is Cn1ncc(N)c1C(=O)NCCCN1CCCC1. The third kappa shape index (κ3) is 3.01. The molecule has 6 nitrogen and oxygen atoms in total. The molecule has 3 N–H and O–H groups in total. The minimum atomic E-state index is -0.145. The second-order valence-electron chi connectivity index (χ2n) is 4.73. The zero-order chi connectivity index (χ0) is 13.0. The average molecular weight is 251 g/mol. The fourth-order valence-corrected chi connectivity index (χ4v) is 2.33. The van der Waals surface area contributed by atoms with Crippen LogP contribution in [0.4, 0.5) is 5.69 Å². The fourth-order valence-electron chi connectivity index (χ4n) is 2.33. The van der Waals surface area contributed by atoms with E-state index in [0.29, 0.717) is 17.9 Å². The van der Waals surface area contributed by atoms with Crippen molar-refractivity contribution in [3.05, 3.63) is 11.9 Å². The Morgan fingerprint density at radius 1 is 1.50 bits per heavy atom. The van der Waals surface area contributed by atoms with Gasteiger partial charge < -0.3 is 16.0 Å². The molecule has 1 aromatic rings. The molecule has 1 aliphatic rings. The van der Waals surface area contributed by atoms with Gasteiger partial charge in [-0.1, -0.05) is 0 Å². The Hall–Kier alpha value is -1.56. The largest absolute Gasteiger partial charge is 0.396 e. The predicted molar refractivity (Wildman–Crippen MR) is 70.2 cm³/mol. The van der Waals surface area contributed by atoms with Gasteiger partial charge in [-0.2, -0.15) is 5.10 Å². The summed E-state index contributed by atoms with van der Waals surface area (Å²) in [5, 5.41) is 6.84. The number of carbonyl (C=O) groups excluding carboxylic acids is 1. The highest BCUT2D eigenvalue weighted by Gasteiger charge is 2.14. The van der Waals surface area contributed by atoms with E-state index in [1.165, 1.54) is 36.8 Å². The number of rotatable bonds is 5. The smallest absolute Gasteiger partial charge is 0.271 e. The van der Waals surface area contributed by atoms with Crippen molar-refractivity contribution in [2.75, 3.05) is 31.9 Å². The highest BCUT2D eigenvalue weighted by molar-refractivity contribution is 5.97. The molecule has 18 heavy (non-hydrogen) atoms. The lowest BCUT2D eigenvalue weighted by atomic mass is 10.3. The first kappa shape index (κ1) is 12.9. The lowest BCUT2D eigenvalue weighted by molar-refractivity contribution is 0.0943. The van der Waals surface area contributed by atoms with Crippen LogP contribution in [0, 0.1) is 0 Å². The second kappa shape index (κ2) is 5.86. The molecule has 1 amide bonds. The molecular formula is C12H21N5O. The van der Waals surface area contributed by atoms with Crippen LogP contribution in [0.5, 0.6) is 0 Å². The summed E-state index contributed by atoms with van der Waals surface area (Å²) < 4.78 is 1.51. The second-order valence-corrected chi connectivity index (χ2v) is 4.73. The van der Waals surface area contributed by atoms with Gasteiger partial charge in [-0.25, -0.2) is 0 Å². The summed E-state index contributed by atoms with van der Waals surface area (Å²) in [6.45, 7) is 4.13. The van der Waals surface area contributed by atoms with Crippen LogP contribution in [0.1, 0.15) is 29.8 Å². The Morgan fingerprint density at radius 3 is 2.83 bits per heavy atom.